The first-order valence-corrected chi connectivity index (χ1v) is 24.2. The van der Waals surface area contributed by atoms with Gasteiger partial charge in [0.25, 0.3) is 17.7 Å². The number of halogens is 3. The zero-order valence-corrected chi connectivity index (χ0v) is 39.5. The molecule has 382 valence electrons. The third-order valence-corrected chi connectivity index (χ3v) is 13.3. The van der Waals surface area contributed by atoms with E-state index in [-0.39, 0.29) is 61.3 Å². The number of imide groups is 2. The fourth-order valence-electron chi connectivity index (χ4n) is 9.44. The molecular formula is C50H60F3N7O11. The molecule has 3 fully saturated rings. The largest absolute Gasteiger partial charge is 0.491 e. The molecule has 1 atom stereocenters. The van der Waals surface area contributed by atoms with Gasteiger partial charge in [-0.15, -0.1) is 0 Å². The molecule has 71 heavy (non-hydrogen) atoms. The van der Waals surface area contributed by atoms with Gasteiger partial charge in [0.05, 0.1) is 80.6 Å². The van der Waals surface area contributed by atoms with Crippen molar-refractivity contribution in [3.63, 3.8) is 0 Å². The molecule has 4 aromatic rings. The van der Waals surface area contributed by atoms with Gasteiger partial charge in [0.2, 0.25) is 17.8 Å². The van der Waals surface area contributed by atoms with Crippen molar-refractivity contribution in [2.45, 2.75) is 63.3 Å². The number of aliphatic hydroxyl groups is 1. The number of hydrogen-bond acceptors (Lipinski definition) is 14. The molecule has 1 saturated carbocycles. The van der Waals surface area contributed by atoms with Crippen LogP contribution in [0.4, 0.5) is 19.1 Å². The van der Waals surface area contributed by atoms with Crippen molar-refractivity contribution < 1.29 is 65.9 Å². The number of amides is 5. The Morgan fingerprint density at radius 2 is 1.41 bits per heavy atom. The Morgan fingerprint density at radius 3 is 2.08 bits per heavy atom. The van der Waals surface area contributed by atoms with Crippen molar-refractivity contribution >= 4 is 46.5 Å². The van der Waals surface area contributed by atoms with Crippen LogP contribution in [0.15, 0.2) is 60.7 Å². The Labute approximate surface area is 408 Å². The SMILES string of the molecule is O=C1CCC(N2C(=O)c3ccc(OCCOCCOCCOCCOCCN4CCN(Cc5ccc6c(c5)nc(NC(=O)c5cccc(C(F)(F)F)c5)n6C5CCC(CO)CC5)CC4)cc3C2=O)C(=O)N1. The summed E-state index contributed by atoms with van der Waals surface area (Å²) in [7, 11) is 0. The van der Waals surface area contributed by atoms with Crippen LogP contribution in [0, 0.1) is 5.92 Å². The quantitative estimate of drug-likeness (QED) is 0.0682. The van der Waals surface area contributed by atoms with E-state index in [4.69, 9.17) is 28.7 Å². The van der Waals surface area contributed by atoms with E-state index < -0.39 is 47.3 Å². The van der Waals surface area contributed by atoms with Crippen molar-refractivity contribution in [1.29, 1.82) is 0 Å². The van der Waals surface area contributed by atoms with Gasteiger partial charge >= 0.3 is 6.18 Å². The molecule has 18 nitrogen and oxygen atoms in total. The first kappa shape index (κ1) is 51.5. The molecule has 1 unspecified atom stereocenters. The van der Waals surface area contributed by atoms with Crippen LogP contribution >= 0.6 is 0 Å². The van der Waals surface area contributed by atoms with Crippen LogP contribution < -0.4 is 15.4 Å². The number of benzene rings is 3. The number of alkyl halides is 3. The van der Waals surface area contributed by atoms with Gasteiger partial charge in [0.1, 0.15) is 18.4 Å². The number of carbonyl (C=O) groups excluding carboxylic acids is 5. The number of rotatable bonds is 23. The number of nitrogens with zero attached hydrogens (tertiary/aromatic N) is 5. The lowest BCUT2D eigenvalue weighted by atomic mass is 9.86. The number of imidazole rings is 1. The predicted octanol–water partition coefficient (Wildman–Crippen LogP) is 4.70. The van der Waals surface area contributed by atoms with Crippen LogP contribution in [0.3, 0.4) is 0 Å². The number of piperidine rings is 1. The van der Waals surface area contributed by atoms with Gasteiger partial charge < -0.3 is 33.4 Å². The Hall–Kier alpha value is -5.81. The molecule has 5 amide bonds. The minimum Gasteiger partial charge on any atom is -0.491 e. The minimum absolute atomic E-state index is 0.0122. The molecule has 4 heterocycles. The summed E-state index contributed by atoms with van der Waals surface area (Å²) in [5.74, 6) is -2.04. The molecule has 3 aromatic carbocycles. The van der Waals surface area contributed by atoms with E-state index in [1.807, 2.05) is 16.7 Å². The summed E-state index contributed by atoms with van der Waals surface area (Å²) in [5.41, 5.74) is 1.93. The molecule has 8 rings (SSSR count). The number of nitrogens with one attached hydrogen (secondary N) is 2. The van der Waals surface area contributed by atoms with E-state index in [2.05, 4.69) is 26.5 Å². The van der Waals surface area contributed by atoms with Crippen LogP contribution in [0.25, 0.3) is 11.0 Å². The molecular weight excluding hydrogens is 932 g/mol. The highest BCUT2D eigenvalue weighted by atomic mass is 19.4. The maximum absolute atomic E-state index is 13.4. The zero-order valence-electron chi connectivity index (χ0n) is 39.5. The molecule has 3 N–H and O–H groups in total. The van der Waals surface area contributed by atoms with Crippen molar-refractivity contribution in [1.82, 2.24) is 29.6 Å². The third kappa shape index (κ3) is 13.2. The monoisotopic (exact) mass is 991 g/mol. The Kier molecular flexibility index (Phi) is 17.5. The Bertz CT molecular complexity index is 2520. The van der Waals surface area contributed by atoms with Crippen molar-refractivity contribution in [3.05, 3.63) is 88.5 Å². The lowest BCUT2D eigenvalue weighted by Crippen LogP contribution is -2.54. The van der Waals surface area contributed by atoms with Crippen LogP contribution in [-0.4, -0.2) is 164 Å². The maximum Gasteiger partial charge on any atom is 0.416 e. The second-order valence-electron chi connectivity index (χ2n) is 18.1. The molecule has 1 aliphatic carbocycles. The molecule has 4 aliphatic rings. The standard InChI is InChI=1S/C50H60F3N7O11/c51-50(52,53)36-3-1-2-35(29-36)45(63)56-49-54-41-28-34(6-11-42(41)59(49)37-7-4-33(32-61)5-8-37)31-58-16-14-57(15-17-58)18-19-67-20-21-68-22-23-69-24-25-70-26-27-71-38-9-10-39-40(30-38)48(66)60(47(39)65)43-12-13-44(62)55-46(43)64/h1-3,6,9-11,28-30,33,37,43,61H,4-5,7-8,12-27,31-32H2,(H,54,56,63)(H,55,62,64). The maximum atomic E-state index is 13.4. The third-order valence-electron chi connectivity index (χ3n) is 13.3. The first-order chi connectivity index (χ1) is 34.4. The highest BCUT2D eigenvalue weighted by molar-refractivity contribution is 6.23. The lowest BCUT2D eigenvalue weighted by Gasteiger charge is -2.34. The molecule has 0 bridgehead atoms. The number of aromatic nitrogens is 2. The topological polar surface area (TPSA) is 203 Å². The second kappa shape index (κ2) is 24.1. The summed E-state index contributed by atoms with van der Waals surface area (Å²) in [4.78, 5) is 73.5. The number of piperazine rings is 1. The molecule has 2 saturated heterocycles. The minimum atomic E-state index is -4.58. The fourth-order valence-corrected chi connectivity index (χ4v) is 9.44. The number of anilines is 1. The van der Waals surface area contributed by atoms with Crippen LogP contribution in [0.1, 0.15) is 86.8 Å². The van der Waals surface area contributed by atoms with Gasteiger partial charge in [-0.3, -0.25) is 49.3 Å². The van der Waals surface area contributed by atoms with E-state index in [1.165, 1.54) is 24.3 Å². The van der Waals surface area contributed by atoms with Crippen molar-refractivity contribution in [2.75, 3.05) is 104 Å². The summed E-state index contributed by atoms with van der Waals surface area (Å²) >= 11 is 0. The fraction of sp³-hybridized carbons (Fsp3) is 0.520. The van der Waals surface area contributed by atoms with Crippen LogP contribution in [-0.2, 0) is 41.3 Å². The van der Waals surface area contributed by atoms with Gasteiger partial charge in [0.15, 0.2) is 0 Å². The number of hydrogen-bond donors (Lipinski definition) is 3. The normalized spacial score (nSPS) is 20.2. The first-order valence-electron chi connectivity index (χ1n) is 24.2. The van der Waals surface area contributed by atoms with E-state index in [9.17, 15) is 42.3 Å². The van der Waals surface area contributed by atoms with E-state index in [0.29, 0.717) is 70.0 Å². The molecule has 1 aromatic heterocycles. The van der Waals surface area contributed by atoms with Gasteiger partial charge in [-0.1, -0.05) is 12.1 Å². The summed E-state index contributed by atoms with van der Waals surface area (Å²) in [6.07, 6.45) is -1.24. The highest BCUT2D eigenvalue weighted by Crippen LogP contribution is 2.38. The summed E-state index contributed by atoms with van der Waals surface area (Å²) < 4.78 is 70.6. The Balaban J connectivity index is 0.670. The second-order valence-corrected chi connectivity index (χ2v) is 18.1. The van der Waals surface area contributed by atoms with Gasteiger partial charge in [-0.25, -0.2) is 4.98 Å². The van der Waals surface area contributed by atoms with Crippen molar-refractivity contribution in [3.8, 4) is 5.75 Å². The number of carbonyl (C=O) groups is 5. The van der Waals surface area contributed by atoms with Crippen molar-refractivity contribution in [2.24, 2.45) is 5.92 Å². The number of ether oxygens (including phenoxy) is 5. The van der Waals surface area contributed by atoms with Gasteiger partial charge in [0, 0.05) is 63.9 Å². The smallest absolute Gasteiger partial charge is 0.416 e. The number of aliphatic hydroxyl groups excluding tert-OH is 1. The average molecular weight is 992 g/mol. The molecule has 3 aliphatic heterocycles. The number of fused-ring (bicyclic) bond motifs is 2. The summed E-state index contributed by atoms with van der Waals surface area (Å²) in [6, 6.07) is 14.0. The predicted molar refractivity (Wildman–Crippen MR) is 251 cm³/mol. The van der Waals surface area contributed by atoms with Gasteiger partial charge in [-0.2, -0.15) is 13.2 Å². The zero-order chi connectivity index (χ0) is 49.9. The van der Waals surface area contributed by atoms with E-state index in [0.717, 1.165) is 86.5 Å². The van der Waals surface area contributed by atoms with E-state index >= 15 is 0 Å². The van der Waals surface area contributed by atoms with Gasteiger partial charge in [-0.05, 0) is 92.1 Å². The average Bonchev–Trinajstić information content (AvgIpc) is 3.84. The molecule has 21 heteroatoms. The molecule has 0 spiro atoms. The summed E-state index contributed by atoms with van der Waals surface area (Å²) in [6.45, 7) is 8.67. The molecule has 0 radical (unpaired) electrons. The highest BCUT2D eigenvalue weighted by Gasteiger charge is 2.45. The summed E-state index contributed by atoms with van der Waals surface area (Å²) in [5, 5.41) is 14.7. The van der Waals surface area contributed by atoms with Crippen LogP contribution in [0.5, 0.6) is 5.75 Å². The lowest BCUT2D eigenvalue weighted by molar-refractivity contribution is -0.138. The van der Waals surface area contributed by atoms with Crippen LogP contribution in [0.2, 0.25) is 0 Å². The Morgan fingerprint density at radius 1 is 0.746 bits per heavy atom. The van der Waals surface area contributed by atoms with E-state index in [1.54, 1.807) is 6.07 Å².